The Bertz CT molecular complexity index is 753. The first kappa shape index (κ1) is 16.5. The van der Waals surface area contributed by atoms with Gasteiger partial charge in [0.2, 0.25) is 11.8 Å². The summed E-state index contributed by atoms with van der Waals surface area (Å²) in [4.78, 5) is 27.7. The molecule has 1 aromatic carbocycles. The first-order valence-electron chi connectivity index (χ1n) is 8.36. The molecular weight excluding hydrogens is 304 g/mol. The number of para-hydroxylation sites is 1. The van der Waals surface area contributed by atoms with Gasteiger partial charge in [0.25, 0.3) is 0 Å². The standard InChI is InChI=1S/C18H24N4O2/c1-20-12-14(15-5-2-3-6-16(15)20)11-18(24)22-8-4-7-21(9-10-22)13-17(19)23/h2-3,5-6,12H,4,7-11,13H2,1H3,(H2,19,23). The van der Waals surface area contributed by atoms with E-state index in [9.17, 15) is 9.59 Å². The molecule has 1 aliphatic rings. The lowest BCUT2D eigenvalue weighted by atomic mass is 10.1. The van der Waals surface area contributed by atoms with Crippen LogP contribution in [0.5, 0.6) is 0 Å². The third-order valence-electron chi connectivity index (χ3n) is 4.64. The Hall–Kier alpha value is -2.34. The lowest BCUT2D eigenvalue weighted by molar-refractivity contribution is -0.130. The second-order valence-corrected chi connectivity index (χ2v) is 6.44. The van der Waals surface area contributed by atoms with Gasteiger partial charge in [0, 0.05) is 50.3 Å². The highest BCUT2D eigenvalue weighted by Crippen LogP contribution is 2.21. The summed E-state index contributed by atoms with van der Waals surface area (Å²) in [5.41, 5.74) is 7.47. The lowest BCUT2D eigenvalue weighted by Gasteiger charge is -2.21. The van der Waals surface area contributed by atoms with Crippen LogP contribution < -0.4 is 5.73 Å². The Morgan fingerprint density at radius 3 is 2.71 bits per heavy atom. The average Bonchev–Trinajstić information content (AvgIpc) is 2.72. The van der Waals surface area contributed by atoms with E-state index in [0.29, 0.717) is 19.5 Å². The molecule has 2 heterocycles. The molecule has 2 N–H and O–H groups in total. The van der Waals surface area contributed by atoms with Crippen LogP contribution in [0.4, 0.5) is 0 Å². The maximum atomic E-state index is 12.7. The topological polar surface area (TPSA) is 71.6 Å². The highest BCUT2D eigenvalue weighted by atomic mass is 16.2. The number of carbonyl (C=O) groups is 2. The van der Waals surface area contributed by atoms with E-state index < -0.39 is 0 Å². The van der Waals surface area contributed by atoms with Crippen molar-refractivity contribution in [3.05, 3.63) is 36.0 Å². The zero-order chi connectivity index (χ0) is 17.1. The summed E-state index contributed by atoms with van der Waals surface area (Å²) >= 11 is 0. The molecule has 2 amide bonds. The van der Waals surface area contributed by atoms with E-state index in [0.717, 1.165) is 36.0 Å². The van der Waals surface area contributed by atoms with Gasteiger partial charge in [-0.2, -0.15) is 0 Å². The van der Waals surface area contributed by atoms with Gasteiger partial charge in [-0.3, -0.25) is 14.5 Å². The smallest absolute Gasteiger partial charge is 0.231 e. The van der Waals surface area contributed by atoms with Crippen molar-refractivity contribution in [1.82, 2.24) is 14.4 Å². The predicted molar refractivity (Wildman–Crippen MR) is 93.5 cm³/mol. The number of amides is 2. The van der Waals surface area contributed by atoms with Crippen LogP contribution in [0.25, 0.3) is 10.9 Å². The van der Waals surface area contributed by atoms with Crippen molar-refractivity contribution in [2.75, 3.05) is 32.7 Å². The Morgan fingerprint density at radius 1 is 1.12 bits per heavy atom. The van der Waals surface area contributed by atoms with E-state index in [4.69, 9.17) is 5.73 Å². The molecule has 3 rings (SSSR count). The minimum atomic E-state index is -0.314. The molecule has 1 aliphatic heterocycles. The molecule has 128 valence electrons. The molecule has 6 heteroatoms. The van der Waals surface area contributed by atoms with Crippen molar-refractivity contribution >= 4 is 22.7 Å². The highest BCUT2D eigenvalue weighted by Gasteiger charge is 2.21. The van der Waals surface area contributed by atoms with Crippen LogP contribution in [-0.2, 0) is 23.1 Å². The van der Waals surface area contributed by atoms with Gasteiger partial charge in [0.1, 0.15) is 0 Å². The average molecular weight is 328 g/mol. The van der Waals surface area contributed by atoms with Gasteiger partial charge >= 0.3 is 0 Å². The van der Waals surface area contributed by atoms with E-state index in [1.807, 2.05) is 35.2 Å². The van der Waals surface area contributed by atoms with Crippen molar-refractivity contribution in [3.8, 4) is 0 Å². The van der Waals surface area contributed by atoms with Crippen molar-refractivity contribution in [3.63, 3.8) is 0 Å². The molecule has 24 heavy (non-hydrogen) atoms. The zero-order valence-corrected chi connectivity index (χ0v) is 14.1. The number of hydrogen-bond acceptors (Lipinski definition) is 3. The third kappa shape index (κ3) is 3.59. The van der Waals surface area contributed by atoms with Gasteiger partial charge in [-0.1, -0.05) is 18.2 Å². The number of nitrogens with two attached hydrogens (primary N) is 1. The minimum absolute atomic E-state index is 0.146. The van der Waals surface area contributed by atoms with Crippen LogP contribution in [0.15, 0.2) is 30.5 Å². The number of benzene rings is 1. The number of carbonyl (C=O) groups excluding carboxylic acids is 2. The van der Waals surface area contributed by atoms with Crippen LogP contribution in [0, 0.1) is 0 Å². The number of aryl methyl sites for hydroxylation is 1. The molecule has 0 unspecified atom stereocenters. The predicted octanol–water partition coefficient (Wildman–Crippen LogP) is 0.740. The Morgan fingerprint density at radius 2 is 1.92 bits per heavy atom. The molecule has 0 bridgehead atoms. The second kappa shape index (κ2) is 7.05. The van der Waals surface area contributed by atoms with Crippen LogP contribution in [0.2, 0.25) is 0 Å². The van der Waals surface area contributed by atoms with Crippen LogP contribution in [-0.4, -0.2) is 58.9 Å². The Balaban J connectivity index is 1.67. The SMILES string of the molecule is Cn1cc(CC(=O)N2CCCN(CC(N)=O)CC2)c2ccccc21. The fourth-order valence-electron chi connectivity index (χ4n) is 3.44. The molecule has 1 aromatic heterocycles. The maximum absolute atomic E-state index is 12.7. The van der Waals surface area contributed by atoms with Gasteiger partial charge in [0.05, 0.1) is 13.0 Å². The van der Waals surface area contributed by atoms with E-state index in [1.165, 1.54) is 0 Å². The van der Waals surface area contributed by atoms with E-state index >= 15 is 0 Å². The van der Waals surface area contributed by atoms with Crippen molar-refractivity contribution in [2.45, 2.75) is 12.8 Å². The summed E-state index contributed by atoms with van der Waals surface area (Å²) < 4.78 is 2.06. The lowest BCUT2D eigenvalue weighted by Crippen LogP contribution is -2.38. The number of fused-ring (bicyclic) bond motifs is 1. The Kier molecular flexibility index (Phi) is 4.85. The monoisotopic (exact) mass is 328 g/mol. The number of aromatic nitrogens is 1. The second-order valence-electron chi connectivity index (χ2n) is 6.44. The van der Waals surface area contributed by atoms with Gasteiger partial charge < -0.3 is 15.2 Å². The van der Waals surface area contributed by atoms with Gasteiger partial charge in [-0.25, -0.2) is 0 Å². The van der Waals surface area contributed by atoms with Crippen molar-refractivity contribution in [1.29, 1.82) is 0 Å². The van der Waals surface area contributed by atoms with Crippen molar-refractivity contribution < 1.29 is 9.59 Å². The molecule has 1 saturated heterocycles. The molecule has 0 saturated carbocycles. The summed E-state index contributed by atoms with van der Waals surface area (Å²) in [6.07, 6.45) is 3.32. The van der Waals surface area contributed by atoms with Gasteiger partial charge in [-0.05, 0) is 18.1 Å². The molecule has 2 aromatic rings. The molecule has 0 aliphatic carbocycles. The van der Waals surface area contributed by atoms with Crippen LogP contribution in [0.1, 0.15) is 12.0 Å². The molecular formula is C18H24N4O2. The first-order chi connectivity index (χ1) is 11.5. The summed E-state index contributed by atoms with van der Waals surface area (Å²) in [7, 11) is 2.00. The summed E-state index contributed by atoms with van der Waals surface area (Å²) in [6, 6.07) is 8.14. The number of hydrogen-bond donors (Lipinski definition) is 1. The normalized spacial score (nSPS) is 16.3. The van der Waals surface area contributed by atoms with Gasteiger partial charge in [0.15, 0.2) is 0 Å². The highest BCUT2D eigenvalue weighted by molar-refractivity contribution is 5.89. The van der Waals surface area contributed by atoms with E-state index in [1.54, 1.807) is 0 Å². The van der Waals surface area contributed by atoms with E-state index in [2.05, 4.69) is 16.7 Å². The molecule has 6 nitrogen and oxygen atoms in total. The summed E-state index contributed by atoms with van der Waals surface area (Å²) in [5, 5.41) is 1.14. The fraction of sp³-hybridized carbons (Fsp3) is 0.444. The quantitative estimate of drug-likeness (QED) is 0.900. The Labute approximate surface area is 141 Å². The summed E-state index contributed by atoms with van der Waals surface area (Å²) in [5.74, 6) is -0.169. The van der Waals surface area contributed by atoms with Gasteiger partial charge in [-0.15, -0.1) is 0 Å². The number of nitrogens with zero attached hydrogens (tertiary/aromatic N) is 3. The van der Waals surface area contributed by atoms with Crippen molar-refractivity contribution in [2.24, 2.45) is 12.8 Å². The first-order valence-corrected chi connectivity index (χ1v) is 8.36. The number of rotatable bonds is 4. The minimum Gasteiger partial charge on any atom is -0.369 e. The largest absolute Gasteiger partial charge is 0.369 e. The molecule has 1 fully saturated rings. The molecule has 0 atom stereocenters. The fourth-order valence-corrected chi connectivity index (χ4v) is 3.44. The zero-order valence-electron chi connectivity index (χ0n) is 14.1. The molecule has 0 radical (unpaired) electrons. The molecule has 0 spiro atoms. The maximum Gasteiger partial charge on any atom is 0.231 e. The van der Waals surface area contributed by atoms with Crippen LogP contribution in [0.3, 0.4) is 0 Å². The van der Waals surface area contributed by atoms with Crippen LogP contribution >= 0.6 is 0 Å². The van der Waals surface area contributed by atoms with E-state index in [-0.39, 0.29) is 18.4 Å². The number of primary amides is 1. The summed E-state index contributed by atoms with van der Waals surface area (Å²) in [6.45, 7) is 3.16. The third-order valence-corrected chi connectivity index (χ3v) is 4.64.